The van der Waals surface area contributed by atoms with Crippen molar-refractivity contribution in [1.29, 1.82) is 0 Å². The van der Waals surface area contributed by atoms with E-state index in [-0.39, 0.29) is 11.7 Å². The second kappa shape index (κ2) is 6.32. The van der Waals surface area contributed by atoms with Crippen molar-refractivity contribution < 1.29 is 18.0 Å². The highest BCUT2D eigenvalue weighted by Crippen LogP contribution is 2.20. The van der Waals surface area contributed by atoms with Gasteiger partial charge in [-0.3, -0.25) is 4.79 Å². The van der Waals surface area contributed by atoms with Crippen LogP contribution >= 0.6 is 0 Å². The minimum absolute atomic E-state index is 0.157. The molecule has 1 amide bonds. The van der Waals surface area contributed by atoms with Gasteiger partial charge < -0.3 is 9.80 Å². The third kappa shape index (κ3) is 3.31. The molecule has 3 rings (SSSR count). The summed E-state index contributed by atoms with van der Waals surface area (Å²) >= 11 is 0. The van der Waals surface area contributed by atoms with Crippen molar-refractivity contribution in [3.63, 3.8) is 0 Å². The van der Waals surface area contributed by atoms with E-state index in [9.17, 15) is 18.0 Å². The van der Waals surface area contributed by atoms with Gasteiger partial charge in [0.15, 0.2) is 11.6 Å². The third-order valence-electron chi connectivity index (χ3n) is 3.93. The summed E-state index contributed by atoms with van der Waals surface area (Å²) in [5.41, 5.74) is 1.03. The Balaban J connectivity index is 1.64. The number of benzene rings is 2. The summed E-state index contributed by atoms with van der Waals surface area (Å²) < 4.78 is 39.2. The van der Waals surface area contributed by atoms with E-state index in [2.05, 4.69) is 0 Å². The van der Waals surface area contributed by atoms with Crippen LogP contribution in [0.4, 0.5) is 18.9 Å². The Kier molecular flexibility index (Phi) is 4.23. The standard InChI is InChI=1S/C17H15F3N2O/c18-13-3-1-12(2-4-13)17(23)22-9-7-21(8-10-22)14-5-6-15(19)16(20)11-14/h1-6,11H,7-10H2. The van der Waals surface area contributed by atoms with Gasteiger partial charge in [0, 0.05) is 43.5 Å². The summed E-state index contributed by atoms with van der Waals surface area (Å²) in [5, 5.41) is 0. The van der Waals surface area contributed by atoms with Crippen LogP contribution in [0.1, 0.15) is 10.4 Å². The normalized spacial score (nSPS) is 14.9. The molecule has 0 atom stereocenters. The van der Waals surface area contributed by atoms with Crippen molar-refractivity contribution in [1.82, 2.24) is 4.90 Å². The summed E-state index contributed by atoms with van der Waals surface area (Å²) in [6.07, 6.45) is 0. The van der Waals surface area contributed by atoms with Crippen molar-refractivity contribution in [3.05, 3.63) is 65.5 Å². The molecule has 3 nitrogen and oxygen atoms in total. The number of nitrogens with zero attached hydrogens (tertiary/aromatic N) is 2. The van der Waals surface area contributed by atoms with Crippen LogP contribution in [-0.4, -0.2) is 37.0 Å². The fourth-order valence-corrected chi connectivity index (χ4v) is 2.62. The second-order valence-electron chi connectivity index (χ2n) is 5.38. The number of hydrogen-bond donors (Lipinski definition) is 0. The lowest BCUT2D eigenvalue weighted by Crippen LogP contribution is -2.48. The minimum atomic E-state index is -0.882. The van der Waals surface area contributed by atoms with Crippen LogP contribution in [0, 0.1) is 17.5 Å². The molecule has 1 fully saturated rings. The molecule has 0 aliphatic carbocycles. The Bertz CT molecular complexity index is 710. The fraction of sp³-hybridized carbons (Fsp3) is 0.235. The number of carbonyl (C=O) groups is 1. The average molecular weight is 320 g/mol. The maximum Gasteiger partial charge on any atom is 0.253 e. The molecule has 2 aromatic rings. The predicted molar refractivity (Wildman–Crippen MR) is 80.9 cm³/mol. The molecule has 0 bridgehead atoms. The maximum atomic E-state index is 13.3. The molecule has 1 saturated heterocycles. The van der Waals surface area contributed by atoms with Gasteiger partial charge in [0.2, 0.25) is 0 Å². The van der Waals surface area contributed by atoms with E-state index in [1.54, 1.807) is 4.90 Å². The van der Waals surface area contributed by atoms with Crippen molar-refractivity contribution >= 4 is 11.6 Å². The zero-order chi connectivity index (χ0) is 16.4. The summed E-state index contributed by atoms with van der Waals surface area (Å²) in [4.78, 5) is 15.9. The minimum Gasteiger partial charge on any atom is -0.368 e. The molecule has 23 heavy (non-hydrogen) atoms. The van der Waals surface area contributed by atoms with Crippen LogP contribution in [0.25, 0.3) is 0 Å². The van der Waals surface area contributed by atoms with Gasteiger partial charge >= 0.3 is 0 Å². The number of halogens is 3. The SMILES string of the molecule is O=C(c1ccc(F)cc1)N1CCN(c2ccc(F)c(F)c2)CC1. The molecule has 0 saturated carbocycles. The third-order valence-corrected chi connectivity index (χ3v) is 3.93. The molecule has 0 spiro atoms. The highest BCUT2D eigenvalue weighted by atomic mass is 19.2. The van der Waals surface area contributed by atoms with Crippen molar-refractivity contribution in [2.45, 2.75) is 0 Å². The van der Waals surface area contributed by atoms with E-state index in [0.29, 0.717) is 37.4 Å². The van der Waals surface area contributed by atoms with Gasteiger partial charge in [-0.25, -0.2) is 13.2 Å². The maximum absolute atomic E-state index is 13.3. The van der Waals surface area contributed by atoms with Crippen molar-refractivity contribution in [3.8, 4) is 0 Å². The molecule has 0 N–H and O–H groups in total. The lowest BCUT2D eigenvalue weighted by atomic mass is 10.1. The Morgan fingerprint density at radius 3 is 2.09 bits per heavy atom. The first-order chi connectivity index (χ1) is 11.0. The van der Waals surface area contributed by atoms with E-state index in [1.807, 2.05) is 4.90 Å². The first-order valence-electron chi connectivity index (χ1n) is 7.29. The molecule has 0 radical (unpaired) electrons. The van der Waals surface area contributed by atoms with Gasteiger partial charge in [-0.05, 0) is 36.4 Å². The molecule has 0 unspecified atom stereocenters. The number of hydrogen-bond acceptors (Lipinski definition) is 2. The topological polar surface area (TPSA) is 23.6 Å². The predicted octanol–water partition coefficient (Wildman–Crippen LogP) is 3.07. The van der Waals surface area contributed by atoms with Crippen LogP contribution in [0.15, 0.2) is 42.5 Å². The monoisotopic (exact) mass is 320 g/mol. The highest BCUT2D eigenvalue weighted by molar-refractivity contribution is 5.94. The quantitative estimate of drug-likeness (QED) is 0.849. The first kappa shape index (κ1) is 15.4. The number of piperazine rings is 1. The van der Waals surface area contributed by atoms with Crippen molar-refractivity contribution in [2.24, 2.45) is 0 Å². The summed E-state index contributed by atoms with van der Waals surface area (Å²) in [6.45, 7) is 1.99. The van der Waals surface area contributed by atoms with Crippen molar-refractivity contribution in [2.75, 3.05) is 31.1 Å². The smallest absolute Gasteiger partial charge is 0.253 e. The van der Waals surface area contributed by atoms with Gasteiger partial charge in [-0.1, -0.05) is 0 Å². The van der Waals surface area contributed by atoms with Gasteiger partial charge in [-0.2, -0.15) is 0 Å². The average Bonchev–Trinajstić information content (AvgIpc) is 2.57. The summed E-state index contributed by atoms with van der Waals surface area (Å²) in [6, 6.07) is 9.21. The van der Waals surface area contributed by atoms with E-state index >= 15 is 0 Å². The fourth-order valence-electron chi connectivity index (χ4n) is 2.62. The number of carbonyl (C=O) groups excluding carboxylic acids is 1. The largest absolute Gasteiger partial charge is 0.368 e. The van der Waals surface area contributed by atoms with Crippen LogP contribution < -0.4 is 4.90 Å². The Labute approximate surface area is 131 Å². The Hall–Kier alpha value is -2.50. The summed E-state index contributed by atoms with van der Waals surface area (Å²) in [7, 11) is 0. The van der Waals surface area contributed by atoms with Crippen LogP contribution in [0.5, 0.6) is 0 Å². The van der Waals surface area contributed by atoms with Gasteiger partial charge in [0.1, 0.15) is 5.82 Å². The van der Waals surface area contributed by atoms with E-state index in [0.717, 1.165) is 12.1 Å². The number of rotatable bonds is 2. The second-order valence-corrected chi connectivity index (χ2v) is 5.38. The molecular weight excluding hydrogens is 305 g/mol. The molecule has 0 aromatic heterocycles. The number of amides is 1. The molecule has 6 heteroatoms. The van der Waals surface area contributed by atoms with E-state index in [1.165, 1.54) is 30.3 Å². The van der Waals surface area contributed by atoms with E-state index < -0.39 is 11.6 Å². The molecule has 1 aliphatic rings. The van der Waals surface area contributed by atoms with Gasteiger partial charge in [0.05, 0.1) is 0 Å². The molecule has 120 valence electrons. The van der Waals surface area contributed by atoms with Gasteiger partial charge in [-0.15, -0.1) is 0 Å². The van der Waals surface area contributed by atoms with Crippen LogP contribution in [0.3, 0.4) is 0 Å². The van der Waals surface area contributed by atoms with Crippen LogP contribution in [0.2, 0.25) is 0 Å². The van der Waals surface area contributed by atoms with Gasteiger partial charge in [0.25, 0.3) is 5.91 Å². The lowest BCUT2D eigenvalue weighted by Gasteiger charge is -2.36. The lowest BCUT2D eigenvalue weighted by molar-refractivity contribution is 0.0746. The molecular formula is C17H15F3N2O. The van der Waals surface area contributed by atoms with E-state index in [4.69, 9.17) is 0 Å². The zero-order valence-electron chi connectivity index (χ0n) is 12.3. The Morgan fingerprint density at radius 2 is 1.48 bits per heavy atom. The summed E-state index contributed by atoms with van der Waals surface area (Å²) in [5.74, 6) is -2.30. The molecule has 1 aliphatic heterocycles. The Morgan fingerprint density at radius 1 is 0.826 bits per heavy atom. The number of anilines is 1. The molecule has 1 heterocycles. The zero-order valence-corrected chi connectivity index (χ0v) is 12.3. The highest BCUT2D eigenvalue weighted by Gasteiger charge is 2.22. The first-order valence-corrected chi connectivity index (χ1v) is 7.29. The van der Waals surface area contributed by atoms with Crippen LogP contribution in [-0.2, 0) is 0 Å². The molecule has 2 aromatic carbocycles.